The molecule has 108 valence electrons. The highest BCUT2D eigenvalue weighted by Crippen LogP contribution is 2.24. The Bertz CT molecular complexity index is 785. The van der Waals surface area contributed by atoms with Gasteiger partial charge in [-0.05, 0) is 24.3 Å². The number of hydrogen-bond acceptors (Lipinski definition) is 3. The van der Waals surface area contributed by atoms with Gasteiger partial charge >= 0.3 is 5.97 Å². The van der Waals surface area contributed by atoms with Gasteiger partial charge in [-0.2, -0.15) is 0 Å². The number of aromatic nitrogens is 2. The summed E-state index contributed by atoms with van der Waals surface area (Å²) in [6.45, 7) is 4.81. The van der Waals surface area contributed by atoms with Crippen LogP contribution in [0.4, 0.5) is 0 Å². The van der Waals surface area contributed by atoms with Gasteiger partial charge in [-0.15, -0.1) is 0 Å². The largest absolute Gasteiger partial charge is 0.478 e. The highest BCUT2D eigenvalue weighted by Gasteiger charge is 2.16. The minimum absolute atomic E-state index is 0.248. The molecule has 0 unspecified atom stereocenters. The third-order valence-corrected chi connectivity index (χ3v) is 3.46. The Balaban J connectivity index is 2.15. The van der Waals surface area contributed by atoms with E-state index in [9.17, 15) is 4.79 Å². The molecule has 0 fully saturated rings. The average Bonchev–Trinajstić information content (AvgIpc) is 3.06. The summed E-state index contributed by atoms with van der Waals surface area (Å²) in [5.74, 6) is 0.249. The van der Waals surface area contributed by atoms with Gasteiger partial charge < -0.3 is 14.1 Å². The number of furan rings is 1. The standard InChI is InChI=1S/C16H16N2O3/c1-10(2)15-17-13-7-12(16(19)20)3-4-14(13)18(15)8-11-5-6-21-9-11/h3-7,9-10H,8H2,1-2H3,(H,19,20). The molecule has 21 heavy (non-hydrogen) atoms. The van der Waals surface area contributed by atoms with Crippen LogP contribution in [0, 0.1) is 0 Å². The Morgan fingerprint density at radius 3 is 2.81 bits per heavy atom. The Labute approximate surface area is 121 Å². The van der Waals surface area contributed by atoms with Gasteiger partial charge in [0.15, 0.2) is 0 Å². The van der Waals surface area contributed by atoms with Gasteiger partial charge in [-0.25, -0.2) is 9.78 Å². The molecule has 1 N–H and O–H groups in total. The molecule has 2 aromatic heterocycles. The quantitative estimate of drug-likeness (QED) is 0.796. The predicted octanol–water partition coefficient (Wildman–Crippen LogP) is 3.50. The molecule has 0 bridgehead atoms. The molecule has 0 aliphatic carbocycles. The van der Waals surface area contributed by atoms with Crippen LogP contribution in [0.1, 0.15) is 41.5 Å². The zero-order valence-corrected chi connectivity index (χ0v) is 11.9. The van der Waals surface area contributed by atoms with Crippen molar-refractivity contribution in [3.05, 3.63) is 53.7 Å². The summed E-state index contributed by atoms with van der Waals surface area (Å²) in [5.41, 5.74) is 2.95. The third-order valence-electron chi connectivity index (χ3n) is 3.46. The van der Waals surface area contributed by atoms with Crippen molar-refractivity contribution in [1.29, 1.82) is 0 Å². The molecule has 0 aliphatic heterocycles. The van der Waals surface area contributed by atoms with Crippen LogP contribution in [0.2, 0.25) is 0 Å². The van der Waals surface area contributed by atoms with E-state index in [1.54, 1.807) is 24.7 Å². The molecule has 2 heterocycles. The maximum atomic E-state index is 11.1. The minimum Gasteiger partial charge on any atom is -0.478 e. The molecule has 3 rings (SSSR count). The fourth-order valence-electron chi connectivity index (χ4n) is 2.45. The number of aromatic carboxylic acids is 1. The van der Waals surface area contributed by atoms with Crippen LogP contribution in [0.3, 0.4) is 0 Å². The lowest BCUT2D eigenvalue weighted by Crippen LogP contribution is -2.06. The maximum Gasteiger partial charge on any atom is 0.335 e. The second-order valence-corrected chi connectivity index (χ2v) is 5.35. The Morgan fingerprint density at radius 1 is 1.38 bits per heavy atom. The van der Waals surface area contributed by atoms with Crippen molar-refractivity contribution in [3.63, 3.8) is 0 Å². The molecule has 0 amide bonds. The van der Waals surface area contributed by atoms with E-state index in [-0.39, 0.29) is 11.5 Å². The lowest BCUT2D eigenvalue weighted by atomic mass is 10.2. The van der Waals surface area contributed by atoms with Crippen molar-refractivity contribution in [2.24, 2.45) is 0 Å². The van der Waals surface area contributed by atoms with Gasteiger partial charge in [0.25, 0.3) is 0 Å². The van der Waals surface area contributed by atoms with E-state index < -0.39 is 5.97 Å². The van der Waals surface area contributed by atoms with Crippen molar-refractivity contribution >= 4 is 17.0 Å². The summed E-state index contributed by atoms with van der Waals surface area (Å²) in [7, 11) is 0. The van der Waals surface area contributed by atoms with Crippen molar-refractivity contribution in [2.75, 3.05) is 0 Å². The zero-order valence-electron chi connectivity index (χ0n) is 11.9. The molecular formula is C16H16N2O3. The highest BCUT2D eigenvalue weighted by molar-refractivity contribution is 5.92. The normalized spacial score (nSPS) is 11.4. The molecular weight excluding hydrogens is 268 g/mol. The van der Waals surface area contributed by atoms with Gasteiger partial charge in [-0.3, -0.25) is 0 Å². The summed E-state index contributed by atoms with van der Waals surface area (Å²) >= 11 is 0. The van der Waals surface area contributed by atoms with E-state index in [1.165, 1.54) is 0 Å². The van der Waals surface area contributed by atoms with E-state index >= 15 is 0 Å². The van der Waals surface area contributed by atoms with Gasteiger partial charge in [0.05, 0.1) is 35.7 Å². The fourth-order valence-corrected chi connectivity index (χ4v) is 2.45. The van der Waals surface area contributed by atoms with Gasteiger partial charge in [0, 0.05) is 11.5 Å². The summed E-state index contributed by atoms with van der Waals surface area (Å²) in [4.78, 5) is 15.7. The molecule has 0 radical (unpaired) electrons. The summed E-state index contributed by atoms with van der Waals surface area (Å²) < 4.78 is 7.22. The molecule has 1 aromatic carbocycles. The average molecular weight is 284 g/mol. The number of carboxylic acids is 1. The van der Waals surface area contributed by atoms with Crippen LogP contribution < -0.4 is 0 Å². The molecule has 0 aliphatic rings. The molecule has 3 aromatic rings. The monoisotopic (exact) mass is 284 g/mol. The van der Waals surface area contributed by atoms with Gasteiger partial charge in [0.1, 0.15) is 5.82 Å². The van der Waals surface area contributed by atoms with Crippen LogP contribution in [0.5, 0.6) is 0 Å². The summed E-state index contributed by atoms with van der Waals surface area (Å²) in [5, 5.41) is 9.09. The lowest BCUT2D eigenvalue weighted by molar-refractivity contribution is 0.0697. The number of carboxylic acid groups (broad SMARTS) is 1. The number of nitrogens with zero attached hydrogens (tertiary/aromatic N) is 2. The molecule has 0 spiro atoms. The highest BCUT2D eigenvalue weighted by atomic mass is 16.4. The van der Waals surface area contributed by atoms with Crippen molar-refractivity contribution in [1.82, 2.24) is 9.55 Å². The molecule has 0 saturated carbocycles. The first-order chi connectivity index (χ1) is 10.1. The van der Waals surface area contributed by atoms with Crippen LogP contribution in [-0.2, 0) is 6.54 Å². The second kappa shape index (κ2) is 5.09. The van der Waals surface area contributed by atoms with Crippen molar-refractivity contribution < 1.29 is 14.3 Å². The van der Waals surface area contributed by atoms with E-state index in [4.69, 9.17) is 9.52 Å². The third kappa shape index (κ3) is 2.42. The molecule has 5 nitrogen and oxygen atoms in total. The Morgan fingerprint density at radius 2 is 2.19 bits per heavy atom. The number of fused-ring (bicyclic) bond motifs is 1. The van der Waals surface area contributed by atoms with E-state index in [0.717, 1.165) is 16.9 Å². The maximum absolute atomic E-state index is 11.1. The van der Waals surface area contributed by atoms with Crippen LogP contribution in [0.15, 0.2) is 41.2 Å². The van der Waals surface area contributed by atoms with Crippen LogP contribution >= 0.6 is 0 Å². The number of carbonyl (C=O) groups is 1. The first kappa shape index (κ1) is 13.4. The van der Waals surface area contributed by atoms with Gasteiger partial charge in [-0.1, -0.05) is 13.8 Å². The SMILES string of the molecule is CC(C)c1nc2cc(C(=O)O)ccc2n1Cc1ccoc1. The number of hydrogen-bond donors (Lipinski definition) is 1. The van der Waals surface area contributed by atoms with Crippen LogP contribution in [-0.4, -0.2) is 20.6 Å². The second-order valence-electron chi connectivity index (χ2n) is 5.35. The molecule has 5 heteroatoms. The van der Waals surface area contributed by atoms with E-state index in [0.29, 0.717) is 12.1 Å². The van der Waals surface area contributed by atoms with E-state index in [1.807, 2.05) is 12.1 Å². The number of rotatable bonds is 4. The molecule has 0 saturated heterocycles. The summed E-state index contributed by atoms with van der Waals surface area (Å²) in [6.07, 6.45) is 3.35. The fraction of sp³-hybridized carbons (Fsp3) is 0.250. The topological polar surface area (TPSA) is 68.3 Å². The predicted molar refractivity (Wildman–Crippen MR) is 78.6 cm³/mol. The minimum atomic E-state index is -0.938. The van der Waals surface area contributed by atoms with Gasteiger partial charge in [0.2, 0.25) is 0 Å². The van der Waals surface area contributed by atoms with Crippen LogP contribution in [0.25, 0.3) is 11.0 Å². The Hall–Kier alpha value is -2.56. The first-order valence-corrected chi connectivity index (χ1v) is 6.81. The Kier molecular flexibility index (Phi) is 3.25. The smallest absolute Gasteiger partial charge is 0.335 e. The number of imidazole rings is 1. The van der Waals surface area contributed by atoms with Crippen molar-refractivity contribution in [3.8, 4) is 0 Å². The first-order valence-electron chi connectivity index (χ1n) is 6.81. The van der Waals surface area contributed by atoms with E-state index in [2.05, 4.69) is 23.4 Å². The number of benzene rings is 1. The summed E-state index contributed by atoms with van der Waals surface area (Å²) in [6, 6.07) is 6.97. The molecule has 0 atom stereocenters. The zero-order chi connectivity index (χ0) is 15.0. The van der Waals surface area contributed by atoms with Crippen molar-refractivity contribution in [2.45, 2.75) is 26.3 Å². The lowest BCUT2D eigenvalue weighted by Gasteiger charge is -2.10.